The number of H-pyrrole nitrogens is 1. The van der Waals surface area contributed by atoms with Crippen molar-refractivity contribution in [2.45, 2.75) is 24.6 Å². The molecular formula is C30H20ClF6N3O. The number of nitrogens with zero attached hydrogens (tertiary/aromatic N) is 1. The fourth-order valence-electron chi connectivity index (χ4n) is 4.82. The fraction of sp³-hybridized carbons (Fsp3) is 0.133. The zero-order valence-corrected chi connectivity index (χ0v) is 21.7. The van der Waals surface area contributed by atoms with Gasteiger partial charge in [-0.05, 0) is 71.6 Å². The molecule has 0 spiro atoms. The average molecular weight is 588 g/mol. The molecule has 0 bridgehead atoms. The minimum atomic E-state index is -5.07. The predicted octanol–water partition coefficient (Wildman–Crippen LogP) is 8.05. The topological polar surface area (TPSA) is 57.8 Å². The second kappa shape index (κ2) is 11.3. The highest BCUT2D eigenvalue weighted by molar-refractivity contribution is 6.30. The first kappa shape index (κ1) is 28.2. The standard InChI is InChI=1S/C30H20ClF6N3O/c31-18-5-3-17(4-6-18)22-2-1-9-38-28(22)26(12-16-10-20(33)13-21(34)11-16)40-29(41)27(30(35,36)37)24-15-39-25-8-7-19(32)14-23(24)25/h1-11,13-15,26-27,39H,12H2,(H,40,41)/t26?,27-/m0/s1. The first-order valence-corrected chi connectivity index (χ1v) is 12.7. The van der Waals surface area contributed by atoms with E-state index < -0.39 is 47.1 Å². The molecule has 2 N–H and O–H groups in total. The molecule has 5 rings (SSSR count). The van der Waals surface area contributed by atoms with Crippen molar-refractivity contribution in [1.82, 2.24) is 15.3 Å². The molecule has 2 heterocycles. The van der Waals surface area contributed by atoms with Crippen LogP contribution >= 0.6 is 11.6 Å². The molecule has 0 fully saturated rings. The van der Waals surface area contributed by atoms with Gasteiger partial charge in [-0.2, -0.15) is 13.2 Å². The van der Waals surface area contributed by atoms with E-state index in [1.807, 2.05) is 0 Å². The van der Waals surface area contributed by atoms with E-state index in [0.29, 0.717) is 22.2 Å². The molecule has 0 aliphatic heterocycles. The molecule has 2 atom stereocenters. The van der Waals surface area contributed by atoms with Crippen molar-refractivity contribution in [3.05, 3.63) is 124 Å². The van der Waals surface area contributed by atoms with Gasteiger partial charge >= 0.3 is 6.18 Å². The summed E-state index contributed by atoms with van der Waals surface area (Å²) in [6.07, 6.45) is -2.95. The fourth-order valence-corrected chi connectivity index (χ4v) is 4.95. The summed E-state index contributed by atoms with van der Waals surface area (Å²) in [6.45, 7) is 0. The number of hydrogen-bond acceptors (Lipinski definition) is 2. The van der Waals surface area contributed by atoms with Gasteiger partial charge in [0.2, 0.25) is 5.91 Å². The summed E-state index contributed by atoms with van der Waals surface area (Å²) < 4.78 is 85.3. The predicted molar refractivity (Wildman–Crippen MR) is 143 cm³/mol. The maximum Gasteiger partial charge on any atom is 0.404 e. The second-order valence-electron chi connectivity index (χ2n) is 9.39. The molecule has 0 saturated carbocycles. The Balaban J connectivity index is 1.60. The van der Waals surface area contributed by atoms with Crippen molar-refractivity contribution < 1.29 is 31.1 Å². The number of halogens is 7. The minimum Gasteiger partial charge on any atom is -0.361 e. The quantitative estimate of drug-likeness (QED) is 0.189. The molecule has 0 aliphatic rings. The van der Waals surface area contributed by atoms with Crippen molar-refractivity contribution >= 4 is 28.4 Å². The maximum absolute atomic E-state index is 14.4. The third-order valence-electron chi connectivity index (χ3n) is 6.58. The van der Waals surface area contributed by atoms with Gasteiger partial charge in [0.1, 0.15) is 17.5 Å². The van der Waals surface area contributed by atoms with Crippen LogP contribution in [0.5, 0.6) is 0 Å². The van der Waals surface area contributed by atoms with Crippen LogP contribution < -0.4 is 5.32 Å². The highest BCUT2D eigenvalue weighted by Gasteiger charge is 2.47. The van der Waals surface area contributed by atoms with E-state index in [0.717, 1.165) is 30.5 Å². The highest BCUT2D eigenvalue weighted by atomic mass is 35.5. The van der Waals surface area contributed by atoms with Crippen LogP contribution in [0.4, 0.5) is 26.3 Å². The van der Waals surface area contributed by atoms with Crippen molar-refractivity contribution in [2.75, 3.05) is 0 Å². The number of aromatic nitrogens is 2. The molecule has 1 unspecified atom stereocenters. The summed E-state index contributed by atoms with van der Waals surface area (Å²) >= 11 is 6.01. The number of fused-ring (bicyclic) bond motifs is 1. The molecule has 1 amide bonds. The minimum absolute atomic E-state index is 0.0817. The molecule has 2 aromatic heterocycles. The first-order valence-electron chi connectivity index (χ1n) is 12.3. The molecule has 0 aliphatic carbocycles. The lowest BCUT2D eigenvalue weighted by molar-refractivity contribution is -0.165. The van der Waals surface area contributed by atoms with E-state index in [4.69, 9.17) is 11.6 Å². The van der Waals surface area contributed by atoms with Crippen LogP contribution in [-0.2, 0) is 11.2 Å². The van der Waals surface area contributed by atoms with Gasteiger partial charge in [0.15, 0.2) is 5.92 Å². The van der Waals surface area contributed by atoms with Gasteiger partial charge in [-0.15, -0.1) is 0 Å². The monoisotopic (exact) mass is 587 g/mol. The van der Waals surface area contributed by atoms with Crippen LogP contribution in [0.2, 0.25) is 5.02 Å². The average Bonchev–Trinajstić information content (AvgIpc) is 3.30. The lowest BCUT2D eigenvalue weighted by atomic mass is 9.93. The second-order valence-corrected chi connectivity index (χ2v) is 9.83. The van der Waals surface area contributed by atoms with E-state index in [9.17, 15) is 31.1 Å². The van der Waals surface area contributed by atoms with Crippen LogP contribution in [0.1, 0.15) is 28.8 Å². The van der Waals surface area contributed by atoms with E-state index in [2.05, 4.69) is 15.3 Å². The van der Waals surface area contributed by atoms with Crippen molar-refractivity contribution in [1.29, 1.82) is 0 Å². The Bertz CT molecular complexity index is 1700. The zero-order chi connectivity index (χ0) is 29.3. The Kier molecular flexibility index (Phi) is 7.77. The molecule has 0 radical (unpaired) electrons. The van der Waals surface area contributed by atoms with Crippen LogP contribution in [0, 0.1) is 17.5 Å². The van der Waals surface area contributed by atoms with Crippen molar-refractivity contribution in [3.63, 3.8) is 0 Å². The Hall–Kier alpha value is -4.31. The summed E-state index contributed by atoms with van der Waals surface area (Å²) in [4.78, 5) is 20.5. The molecule has 11 heteroatoms. The number of carbonyl (C=O) groups is 1. The lowest BCUT2D eigenvalue weighted by Gasteiger charge is -2.25. The summed E-state index contributed by atoms with van der Waals surface area (Å²) in [7, 11) is 0. The molecule has 4 nitrogen and oxygen atoms in total. The van der Waals surface area contributed by atoms with E-state index in [1.54, 1.807) is 36.4 Å². The number of hydrogen-bond donors (Lipinski definition) is 2. The number of alkyl halides is 3. The van der Waals surface area contributed by atoms with Crippen molar-refractivity contribution in [3.8, 4) is 11.1 Å². The van der Waals surface area contributed by atoms with Gasteiger partial charge in [-0.3, -0.25) is 9.78 Å². The number of carbonyl (C=O) groups excluding carboxylic acids is 1. The molecule has 5 aromatic rings. The van der Waals surface area contributed by atoms with Crippen LogP contribution in [0.15, 0.2) is 85.2 Å². The van der Waals surface area contributed by atoms with Crippen LogP contribution in [-0.4, -0.2) is 22.1 Å². The number of rotatable bonds is 7. The Morgan fingerprint density at radius 2 is 1.63 bits per heavy atom. The SMILES string of the molecule is O=C(NC(Cc1cc(F)cc(F)c1)c1ncccc1-c1ccc(Cl)cc1)[C@H](c1c[nH]c2ccc(F)cc12)C(F)(F)F. The van der Waals surface area contributed by atoms with Crippen LogP contribution in [0.25, 0.3) is 22.0 Å². The summed E-state index contributed by atoms with van der Waals surface area (Å²) in [6, 6.07) is 14.5. The first-order chi connectivity index (χ1) is 19.5. The lowest BCUT2D eigenvalue weighted by Crippen LogP contribution is -2.40. The van der Waals surface area contributed by atoms with Gasteiger partial charge in [0.25, 0.3) is 0 Å². The van der Waals surface area contributed by atoms with E-state index in [1.165, 1.54) is 12.3 Å². The number of nitrogens with one attached hydrogen (secondary N) is 2. The van der Waals surface area contributed by atoms with Gasteiger partial charge in [-0.1, -0.05) is 29.8 Å². The number of benzene rings is 3. The normalized spacial score (nSPS) is 13.2. The largest absolute Gasteiger partial charge is 0.404 e. The Morgan fingerprint density at radius 1 is 0.927 bits per heavy atom. The zero-order valence-electron chi connectivity index (χ0n) is 20.9. The number of aromatic amines is 1. The smallest absolute Gasteiger partial charge is 0.361 e. The summed E-state index contributed by atoms with van der Waals surface area (Å²) in [5.74, 6) is -6.69. The molecule has 3 aromatic carbocycles. The third-order valence-corrected chi connectivity index (χ3v) is 6.83. The number of amides is 1. The summed E-state index contributed by atoms with van der Waals surface area (Å²) in [5, 5.41) is 2.76. The molecular weight excluding hydrogens is 568 g/mol. The molecule has 210 valence electrons. The summed E-state index contributed by atoms with van der Waals surface area (Å²) in [5.41, 5.74) is 1.05. The Labute approximate surface area is 235 Å². The van der Waals surface area contributed by atoms with Gasteiger partial charge in [0.05, 0.1) is 11.7 Å². The van der Waals surface area contributed by atoms with Crippen molar-refractivity contribution in [2.24, 2.45) is 0 Å². The van der Waals surface area contributed by atoms with Gasteiger partial charge in [0, 0.05) is 39.9 Å². The van der Waals surface area contributed by atoms with Crippen LogP contribution in [0.3, 0.4) is 0 Å². The Morgan fingerprint density at radius 3 is 2.32 bits per heavy atom. The van der Waals surface area contributed by atoms with Gasteiger partial charge in [-0.25, -0.2) is 13.2 Å². The van der Waals surface area contributed by atoms with E-state index >= 15 is 0 Å². The van der Waals surface area contributed by atoms with E-state index in [-0.39, 0.29) is 28.6 Å². The molecule has 0 saturated heterocycles. The van der Waals surface area contributed by atoms with Gasteiger partial charge < -0.3 is 10.3 Å². The molecule has 41 heavy (non-hydrogen) atoms. The highest BCUT2D eigenvalue weighted by Crippen LogP contribution is 2.40. The third kappa shape index (κ3) is 6.22. The number of pyridine rings is 1. The maximum atomic E-state index is 14.4.